The highest BCUT2D eigenvalue weighted by Crippen LogP contribution is 2.30. The molecule has 27 heavy (non-hydrogen) atoms. The van der Waals surface area contributed by atoms with Gasteiger partial charge in [-0.25, -0.2) is 9.69 Å². The summed E-state index contributed by atoms with van der Waals surface area (Å²) in [6, 6.07) is 6.12. The molecule has 2 atom stereocenters. The maximum Gasteiger partial charge on any atom is 0.329 e. The van der Waals surface area contributed by atoms with Gasteiger partial charge in [-0.2, -0.15) is 0 Å². The fourth-order valence-corrected chi connectivity index (χ4v) is 3.79. The van der Waals surface area contributed by atoms with Crippen molar-refractivity contribution in [2.75, 3.05) is 11.4 Å². The second kappa shape index (κ2) is 6.98. The maximum absolute atomic E-state index is 13.2. The van der Waals surface area contributed by atoms with Crippen LogP contribution in [-0.4, -0.2) is 41.4 Å². The van der Waals surface area contributed by atoms with Gasteiger partial charge in [0.15, 0.2) is 0 Å². The van der Waals surface area contributed by atoms with Crippen LogP contribution in [0.2, 0.25) is 0 Å². The van der Waals surface area contributed by atoms with Gasteiger partial charge in [-0.1, -0.05) is 46.8 Å². The Hall–Kier alpha value is -2.37. The number of amides is 4. The van der Waals surface area contributed by atoms with E-state index in [2.05, 4.69) is 19.2 Å². The van der Waals surface area contributed by atoms with Gasteiger partial charge in [0.25, 0.3) is 5.91 Å². The first-order valence-corrected chi connectivity index (χ1v) is 9.62. The first-order valence-electron chi connectivity index (χ1n) is 9.62. The SMILES string of the molecule is CC(C)c1ccc(N2C(=O)N[C@@H]3CCN(C(=O)CC(C)(C)C)[C@@H]3C2=O)cc1. The van der Waals surface area contributed by atoms with Gasteiger partial charge < -0.3 is 10.2 Å². The van der Waals surface area contributed by atoms with E-state index in [4.69, 9.17) is 0 Å². The first kappa shape index (κ1) is 19.4. The number of fused-ring (bicyclic) bond motifs is 1. The van der Waals surface area contributed by atoms with Crippen LogP contribution in [0.5, 0.6) is 0 Å². The summed E-state index contributed by atoms with van der Waals surface area (Å²) in [6.07, 6.45) is 0.985. The van der Waals surface area contributed by atoms with Gasteiger partial charge in [0.05, 0.1) is 11.7 Å². The lowest BCUT2D eigenvalue weighted by atomic mass is 9.91. The highest BCUT2D eigenvalue weighted by atomic mass is 16.2. The minimum Gasteiger partial charge on any atom is -0.332 e. The van der Waals surface area contributed by atoms with E-state index in [9.17, 15) is 14.4 Å². The van der Waals surface area contributed by atoms with Crippen molar-refractivity contribution >= 4 is 23.5 Å². The minimum atomic E-state index is -0.623. The molecule has 6 heteroatoms. The smallest absolute Gasteiger partial charge is 0.329 e. The molecule has 146 valence electrons. The summed E-state index contributed by atoms with van der Waals surface area (Å²) < 4.78 is 0. The molecule has 2 fully saturated rings. The summed E-state index contributed by atoms with van der Waals surface area (Å²) in [5.41, 5.74) is 1.53. The third-order valence-electron chi connectivity index (χ3n) is 5.20. The fraction of sp³-hybridized carbons (Fsp3) is 0.571. The summed E-state index contributed by atoms with van der Waals surface area (Å²) in [5, 5.41) is 2.91. The van der Waals surface area contributed by atoms with Gasteiger partial charge >= 0.3 is 6.03 Å². The molecule has 0 radical (unpaired) electrons. The van der Waals surface area contributed by atoms with E-state index < -0.39 is 12.1 Å². The molecule has 2 saturated heterocycles. The second-order valence-electron chi connectivity index (χ2n) is 9.03. The second-order valence-corrected chi connectivity index (χ2v) is 9.03. The number of nitrogens with zero attached hydrogens (tertiary/aromatic N) is 2. The van der Waals surface area contributed by atoms with Crippen LogP contribution in [0.4, 0.5) is 10.5 Å². The third-order valence-corrected chi connectivity index (χ3v) is 5.20. The zero-order valence-electron chi connectivity index (χ0n) is 16.8. The lowest BCUT2D eigenvalue weighted by molar-refractivity contribution is -0.139. The number of anilines is 1. The number of imide groups is 1. The molecule has 6 nitrogen and oxygen atoms in total. The minimum absolute atomic E-state index is 0.0328. The van der Waals surface area contributed by atoms with Crippen LogP contribution < -0.4 is 10.2 Å². The van der Waals surface area contributed by atoms with Gasteiger partial charge in [-0.3, -0.25) is 9.59 Å². The number of nitrogens with one attached hydrogen (secondary N) is 1. The van der Waals surface area contributed by atoms with E-state index in [0.717, 1.165) is 5.56 Å². The van der Waals surface area contributed by atoms with Gasteiger partial charge in [0, 0.05) is 13.0 Å². The largest absolute Gasteiger partial charge is 0.332 e. The standard InChI is InChI=1S/C21H29N3O3/c1-13(2)14-6-8-15(9-7-14)24-19(26)18-16(22-20(24)27)10-11-23(18)17(25)12-21(3,4)5/h6-9,13,16,18H,10-12H2,1-5H3,(H,22,27)/t16-,18+/m1/s1. The van der Waals surface area contributed by atoms with Crippen molar-refractivity contribution in [2.45, 2.75) is 65.5 Å². The molecular weight excluding hydrogens is 342 g/mol. The van der Waals surface area contributed by atoms with E-state index in [-0.39, 0.29) is 23.3 Å². The Balaban J connectivity index is 1.85. The molecule has 1 N–H and O–H groups in total. The molecule has 1 aromatic carbocycles. The number of carbonyl (C=O) groups excluding carboxylic acids is 3. The molecule has 4 amide bonds. The average Bonchev–Trinajstić information content (AvgIpc) is 2.98. The Labute approximate surface area is 160 Å². The quantitative estimate of drug-likeness (QED) is 0.886. The number of likely N-dealkylation sites (tertiary alicyclic amines) is 1. The first-order chi connectivity index (χ1) is 12.6. The number of hydrogen-bond donors (Lipinski definition) is 1. The molecule has 0 unspecified atom stereocenters. The summed E-state index contributed by atoms with van der Waals surface area (Å²) in [5.74, 6) is 0.0186. The normalized spacial score (nSPS) is 22.9. The van der Waals surface area contributed by atoms with Crippen LogP contribution in [0.25, 0.3) is 0 Å². The molecule has 0 spiro atoms. The molecule has 0 saturated carbocycles. The van der Waals surface area contributed by atoms with E-state index in [1.54, 1.807) is 17.0 Å². The molecule has 1 aromatic rings. The molecule has 2 aliphatic rings. The van der Waals surface area contributed by atoms with E-state index in [1.165, 1.54) is 4.90 Å². The van der Waals surface area contributed by atoms with Crippen LogP contribution in [0, 0.1) is 5.41 Å². The topological polar surface area (TPSA) is 69.7 Å². The van der Waals surface area contributed by atoms with E-state index >= 15 is 0 Å². The third kappa shape index (κ3) is 3.84. The Morgan fingerprint density at radius 1 is 1.19 bits per heavy atom. The Morgan fingerprint density at radius 3 is 2.37 bits per heavy atom. The summed E-state index contributed by atoms with van der Waals surface area (Å²) in [6.45, 7) is 10.7. The van der Waals surface area contributed by atoms with Crippen LogP contribution >= 0.6 is 0 Å². The zero-order valence-corrected chi connectivity index (χ0v) is 16.8. The molecule has 3 rings (SSSR count). The van der Waals surface area contributed by atoms with Crippen molar-refractivity contribution in [3.05, 3.63) is 29.8 Å². The summed E-state index contributed by atoms with van der Waals surface area (Å²) >= 11 is 0. The zero-order chi connectivity index (χ0) is 19.9. The predicted molar refractivity (Wildman–Crippen MR) is 105 cm³/mol. The molecular formula is C21H29N3O3. The monoisotopic (exact) mass is 371 g/mol. The number of urea groups is 1. The number of rotatable bonds is 3. The average molecular weight is 371 g/mol. The van der Waals surface area contributed by atoms with E-state index in [1.807, 2.05) is 32.9 Å². The van der Waals surface area contributed by atoms with E-state index in [0.29, 0.717) is 31.0 Å². The Bertz CT molecular complexity index is 749. The van der Waals surface area contributed by atoms with Crippen LogP contribution in [0.3, 0.4) is 0 Å². The van der Waals surface area contributed by atoms with Crippen molar-refractivity contribution in [1.82, 2.24) is 10.2 Å². The van der Waals surface area contributed by atoms with Crippen molar-refractivity contribution in [1.29, 1.82) is 0 Å². The maximum atomic E-state index is 13.2. The Kier molecular flexibility index (Phi) is 5.02. The fourth-order valence-electron chi connectivity index (χ4n) is 3.79. The molecule has 0 aliphatic carbocycles. The summed E-state index contributed by atoms with van der Waals surface area (Å²) in [7, 11) is 0. The van der Waals surface area contributed by atoms with Crippen molar-refractivity contribution in [2.24, 2.45) is 5.41 Å². The van der Waals surface area contributed by atoms with Crippen molar-refractivity contribution < 1.29 is 14.4 Å². The Morgan fingerprint density at radius 2 is 1.81 bits per heavy atom. The van der Waals surface area contributed by atoms with Gasteiger partial charge in [0.2, 0.25) is 5.91 Å². The summed E-state index contributed by atoms with van der Waals surface area (Å²) in [4.78, 5) is 41.3. The van der Waals surface area contributed by atoms with Gasteiger partial charge in [-0.05, 0) is 35.4 Å². The molecule has 0 aromatic heterocycles. The molecule has 0 bridgehead atoms. The van der Waals surface area contributed by atoms with Gasteiger partial charge in [-0.15, -0.1) is 0 Å². The molecule has 2 aliphatic heterocycles. The lowest BCUT2D eigenvalue weighted by Gasteiger charge is -2.37. The van der Waals surface area contributed by atoms with Gasteiger partial charge in [0.1, 0.15) is 6.04 Å². The molecule has 2 heterocycles. The van der Waals surface area contributed by atoms with Crippen LogP contribution in [0.15, 0.2) is 24.3 Å². The van der Waals surface area contributed by atoms with Crippen molar-refractivity contribution in [3.8, 4) is 0 Å². The number of carbonyl (C=O) groups is 3. The van der Waals surface area contributed by atoms with Crippen molar-refractivity contribution in [3.63, 3.8) is 0 Å². The number of benzene rings is 1. The lowest BCUT2D eigenvalue weighted by Crippen LogP contribution is -2.65. The highest BCUT2D eigenvalue weighted by Gasteiger charge is 2.50. The highest BCUT2D eigenvalue weighted by molar-refractivity contribution is 6.19. The van der Waals surface area contributed by atoms with Crippen LogP contribution in [-0.2, 0) is 9.59 Å². The van der Waals surface area contributed by atoms with Crippen LogP contribution in [0.1, 0.15) is 58.9 Å². The predicted octanol–water partition coefficient (Wildman–Crippen LogP) is 3.27. The number of hydrogen-bond acceptors (Lipinski definition) is 3.